The molecule has 1 N–H and O–H groups in total. The summed E-state index contributed by atoms with van der Waals surface area (Å²) in [6.07, 6.45) is 1.50. The highest BCUT2D eigenvalue weighted by Gasteiger charge is 1.98. The van der Waals surface area contributed by atoms with Gasteiger partial charge in [-0.2, -0.15) is 0 Å². The number of aryl methyl sites for hydroxylation is 2. The number of hydrogen-bond acceptors (Lipinski definition) is 2. The molecule has 1 aromatic rings. The second-order valence-corrected chi connectivity index (χ2v) is 2.83. The van der Waals surface area contributed by atoms with E-state index in [4.69, 9.17) is 11.6 Å². The summed E-state index contributed by atoms with van der Waals surface area (Å²) >= 11 is 5.45. The van der Waals surface area contributed by atoms with Gasteiger partial charge in [0.25, 0.3) is 5.56 Å². The largest absolute Gasteiger partial charge is 0.328 e. The quantitative estimate of drug-likeness (QED) is 0.669. The van der Waals surface area contributed by atoms with Gasteiger partial charge in [-0.1, -0.05) is 0 Å². The van der Waals surface area contributed by atoms with Crippen molar-refractivity contribution in [2.75, 3.05) is 5.88 Å². The molecular formula is C7H9ClN2O2. The van der Waals surface area contributed by atoms with Crippen LogP contribution in [0, 0.1) is 6.92 Å². The molecule has 0 aromatic carbocycles. The van der Waals surface area contributed by atoms with Crippen LogP contribution in [0.3, 0.4) is 0 Å². The van der Waals surface area contributed by atoms with Gasteiger partial charge in [0.05, 0.1) is 0 Å². The number of hydrogen-bond donors (Lipinski definition) is 1. The molecule has 0 fully saturated rings. The van der Waals surface area contributed by atoms with Crippen molar-refractivity contribution in [3.63, 3.8) is 0 Å². The first-order valence-electron chi connectivity index (χ1n) is 3.51. The van der Waals surface area contributed by atoms with Crippen molar-refractivity contribution >= 4 is 11.6 Å². The summed E-state index contributed by atoms with van der Waals surface area (Å²) < 4.78 is 1.38. The Morgan fingerprint density at radius 3 is 2.83 bits per heavy atom. The first-order chi connectivity index (χ1) is 5.65. The molecule has 0 bridgehead atoms. The number of aromatic nitrogens is 2. The van der Waals surface area contributed by atoms with E-state index in [1.54, 1.807) is 6.92 Å². The first kappa shape index (κ1) is 9.06. The summed E-state index contributed by atoms with van der Waals surface area (Å²) in [4.78, 5) is 24.1. The molecule has 0 amide bonds. The summed E-state index contributed by atoms with van der Waals surface area (Å²) in [6.45, 7) is 2.06. The second-order valence-electron chi connectivity index (χ2n) is 2.45. The van der Waals surface area contributed by atoms with E-state index in [0.29, 0.717) is 18.0 Å². The molecule has 0 atom stereocenters. The molecule has 66 valence electrons. The van der Waals surface area contributed by atoms with E-state index >= 15 is 0 Å². The molecule has 0 aliphatic heterocycles. The zero-order valence-corrected chi connectivity index (χ0v) is 7.39. The number of rotatable bonds is 2. The molecule has 0 saturated carbocycles. The molecule has 1 aromatic heterocycles. The number of halogens is 1. The highest BCUT2D eigenvalue weighted by Crippen LogP contribution is 1.85. The van der Waals surface area contributed by atoms with Crippen LogP contribution in [0.25, 0.3) is 0 Å². The molecule has 0 unspecified atom stereocenters. The molecule has 0 spiro atoms. The third-order valence-corrected chi connectivity index (χ3v) is 1.68. The molecule has 5 heteroatoms. The third-order valence-electron chi connectivity index (χ3n) is 1.51. The van der Waals surface area contributed by atoms with Crippen LogP contribution < -0.4 is 11.2 Å². The summed E-state index contributed by atoms with van der Waals surface area (Å²) in [7, 11) is 0. The van der Waals surface area contributed by atoms with Gasteiger partial charge < -0.3 is 0 Å². The number of H-pyrrole nitrogens is 1. The van der Waals surface area contributed by atoms with Crippen LogP contribution in [0.2, 0.25) is 0 Å². The van der Waals surface area contributed by atoms with Crippen molar-refractivity contribution in [3.05, 3.63) is 32.6 Å². The van der Waals surface area contributed by atoms with Crippen LogP contribution in [0.15, 0.2) is 15.8 Å². The topological polar surface area (TPSA) is 54.9 Å². The van der Waals surface area contributed by atoms with Crippen molar-refractivity contribution in [1.82, 2.24) is 9.55 Å². The van der Waals surface area contributed by atoms with E-state index in [1.807, 2.05) is 0 Å². The summed E-state index contributed by atoms with van der Waals surface area (Å²) in [5.74, 6) is 0.353. The van der Waals surface area contributed by atoms with Crippen LogP contribution in [0.4, 0.5) is 0 Å². The Morgan fingerprint density at radius 2 is 2.25 bits per heavy atom. The standard InChI is InChI=1S/C7H9ClN2O2/c1-5-4-10(3-2-8)7(12)9-6(5)11/h4H,2-3H2,1H3,(H,9,11,12). The first-order valence-corrected chi connectivity index (χ1v) is 4.05. The Kier molecular flexibility index (Phi) is 2.70. The highest BCUT2D eigenvalue weighted by molar-refractivity contribution is 6.17. The molecule has 0 radical (unpaired) electrons. The summed E-state index contributed by atoms with van der Waals surface area (Å²) in [5.41, 5.74) is -0.239. The lowest BCUT2D eigenvalue weighted by Crippen LogP contribution is -2.31. The van der Waals surface area contributed by atoms with Crippen molar-refractivity contribution < 1.29 is 0 Å². The van der Waals surface area contributed by atoms with Gasteiger partial charge in [-0.15, -0.1) is 11.6 Å². The summed E-state index contributed by atoms with van der Waals surface area (Å²) in [6, 6.07) is 0. The van der Waals surface area contributed by atoms with Crippen molar-refractivity contribution in [2.24, 2.45) is 0 Å². The fourth-order valence-corrected chi connectivity index (χ4v) is 1.06. The molecule has 1 heterocycles. The molecule has 1 rings (SSSR count). The van der Waals surface area contributed by atoms with E-state index < -0.39 is 5.69 Å². The molecule has 0 aliphatic rings. The zero-order valence-electron chi connectivity index (χ0n) is 6.63. The lowest BCUT2D eigenvalue weighted by atomic mass is 10.4. The Balaban J connectivity index is 3.24. The van der Waals surface area contributed by atoms with Crippen LogP contribution in [-0.2, 0) is 6.54 Å². The maximum absolute atomic E-state index is 11.0. The van der Waals surface area contributed by atoms with Crippen molar-refractivity contribution in [1.29, 1.82) is 0 Å². The van der Waals surface area contributed by atoms with E-state index in [2.05, 4.69) is 4.98 Å². The molecular weight excluding hydrogens is 180 g/mol. The smallest absolute Gasteiger partial charge is 0.299 e. The Bertz CT molecular complexity index is 380. The Hall–Kier alpha value is -1.03. The average molecular weight is 189 g/mol. The van der Waals surface area contributed by atoms with Gasteiger partial charge in [-0.3, -0.25) is 14.3 Å². The second kappa shape index (κ2) is 3.58. The number of nitrogens with one attached hydrogen (secondary N) is 1. The Labute approximate surface area is 73.8 Å². The minimum Gasteiger partial charge on any atom is -0.299 e. The van der Waals surface area contributed by atoms with Gasteiger partial charge >= 0.3 is 5.69 Å². The van der Waals surface area contributed by atoms with Gasteiger partial charge in [0.2, 0.25) is 0 Å². The van der Waals surface area contributed by atoms with Crippen LogP contribution in [0.1, 0.15) is 5.56 Å². The zero-order chi connectivity index (χ0) is 9.14. The van der Waals surface area contributed by atoms with E-state index in [-0.39, 0.29) is 5.56 Å². The van der Waals surface area contributed by atoms with Crippen molar-refractivity contribution in [2.45, 2.75) is 13.5 Å². The SMILES string of the molecule is Cc1cn(CCCl)c(=O)[nH]c1=O. The fourth-order valence-electron chi connectivity index (χ4n) is 0.876. The van der Waals surface area contributed by atoms with Gasteiger partial charge in [0, 0.05) is 24.2 Å². The molecule has 0 aliphatic carbocycles. The van der Waals surface area contributed by atoms with E-state index in [9.17, 15) is 9.59 Å². The lowest BCUT2D eigenvalue weighted by Gasteiger charge is -2.01. The van der Waals surface area contributed by atoms with E-state index in [1.165, 1.54) is 10.8 Å². The monoisotopic (exact) mass is 188 g/mol. The van der Waals surface area contributed by atoms with Crippen LogP contribution in [-0.4, -0.2) is 15.4 Å². The normalized spacial score (nSPS) is 10.2. The van der Waals surface area contributed by atoms with E-state index in [0.717, 1.165) is 0 Å². The lowest BCUT2D eigenvalue weighted by molar-refractivity contribution is 0.691. The molecule has 0 saturated heterocycles. The maximum Gasteiger partial charge on any atom is 0.328 e. The minimum atomic E-state index is -0.411. The number of alkyl halides is 1. The number of nitrogens with zero attached hydrogens (tertiary/aromatic N) is 1. The fraction of sp³-hybridized carbons (Fsp3) is 0.429. The van der Waals surface area contributed by atoms with Crippen LogP contribution >= 0.6 is 11.6 Å². The Morgan fingerprint density at radius 1 is 1.58 bits per heavy atom. The van der Waals surface area contributed by atoms with Gasteiger partial charge in [0.15, 0.2) is 0 Å². The minimum absolute atomic E-state index is 0.342. The molecule has 12 heavy (non-hydrogen) atoms. The van der Waals surface area contributed by atoms with Crippen LogP contribution in [0.5, 0.6) is 0 Å². The maximum atomic E-state index is 11.0. The molecule has 4 nitrogen and oxygen atoms in total. The summed E-state index contributed by atoms with van der Waals surface area (Å²) in [5, 5.41) is 0. The number of aromatic amines is 1. The van der Waals surface area contributed by atoms with Gasteiger partial charge in [-0.25, -0.2) is 4.79 Å². The van der Waals surface area contributed by atoms with Crippen molar-refractivity contribution in [3.8, 4) is 0 Å². The van der Waals surface area contributed by atoms with Gasteiger partial charge in [-0.05, 0) is 6.92 Å². The highest BCUT2D eigenvalue weighted by atomic mass is 35.5. The average Bonchev–Trinajstić information content (AvgIpc) is 2.01. The predicted molar refractivity (Wildman–Crippen MR) is 46.8 cm³/mol. The third kappa shape index (κ3) is 1.76. The van der Waals surface area contributed by atoms with Gasteiger partial charge in [0.1, 0.15) is 0 Å². The predicted octanol–water partition coefficient (Wildman–Crippen LogP) is 0.0838.